The highest BCUT2D eigenvalue weighted by Gasteiger charge is 2.35. The zero-order valence-electron chi connectivity index (χ0n) is 26.3. The van der Waals surface area contributed by atoms with Crippen molar-refractivity contribution in [3.63, 3.8) is 0 Å². The molecule has 16 heteroatoms. The molecule has 3 heterocycles. The maximum absolute atomic E-state index is 16.1. The summed E-state index contributed by atoms with van der Waals surface area (Å²) in [4.78, 5) is 79.5. The van der Waals surface area contributed by atoms with Crippen molar-refractivity contribution < 1.29 is 43.0 Å². The highest BCUT2D eigenvalue weighted by atomic mass is 31.2. The summed E-state index contributed by atoms with van der Waals surface area (Å²) in [6, 6.07) is 7.20. The number of amides is 1. The Labute approximate surface area is 278 Å². The first kappa shape index (κ1) is 34.6. The number of fused-ring (bicyclic) bond motifs is 2. The first-order chi connectivity index (χ1) is 23.1. The Hall–Kier alpha value is -3.22. The number of rotatable bonds is 10. The predicted octanol–water partition coefficient (Wildman–Crippen LogP) is 3.84. The van der Waals surface area contributed by atoms with E-state index in [4.69, 9.17) is 9.47 Å². The highest BCUT2D eigenvalue weighted by Crippen LogP contribution is 2.60. The van der Waals surface area contributed by atoms with Crippen molar-refractivity contribution in [3.05, 3.63) is 63.7 Å². The maximum atomic E-state index is 16.1. The number of hydrogen-bond donors (Lipinski definition) is 6. The SMILES string of the molecule is COc1c(N2CCCC3NCCCC3C2)c(F)cc2c(=O)c(C(=O)OCC(=O)Nc3ccc(C(P(O)O)P(O)O)cc3)cn(C3CC3)c12. The lowest BCUT2D eigenvalue weighted by Gasteiger charge is -2.34. The molecular weight excluding hydrogens is 665 g/mol. The second-order valence-corrected chi connectivity index (χ2v) is 15.2. The Morgan fingerprint density at radius 1 is 1.08 bits per heavy atom. The number of hydrogen-bond acceptors (Lipinski definition) is 11. The zero-order chi connectivity index (χ0) is 34.1. The number of nitrogens with zero attached hydrogens (tertiary/aromatic N) is 2. The number of carbonyl (C=O) groups is 2. The lowest BCUT2D eigenvalue weighted by Crippen LogP contribution is -2.44. The van der Waals surface area contributed by atoms with Gasteiger partial charge in [0, 0.05) is 37.1 Å². The number of benzene rings is 2. The van der Waals surface area contributed by atoms with Crippen LogP contribution in [0.1, 0.15) is 65.9 Å². The van der Waals surface area contributed by atoms with Crippen LogP contribution in [0.15, 0.2) is 41.3 Å². The fraction of sp³-hybridized carbons (Fsp3) is 0.469. The average molecular weight is 705 g/mol. The number of halogens is 1. The first-order valence-corrected chi connectivity index (χ1v) is 18.5. The minimum atomic E-state index is -2.65. The Morgan fingerprint density at radius 3 is 2.48 bits per heavy atom. The van der Waals surface area contributed by atoms with Crippen molar-refractivity contribution in [2.45, 2.75) is 56.0 Å². The Morgan fingerprint density at radius 2 is 1.81 bits per heavy atom. The Kier molecular flexibility index (Phi) is 10.6. The molecule has 2 unspecified atom stereocenters. The molecule has 48 heavy (non-hydrogen) atoms. The van der Waals surface area contributed by atoms with Gasteiger partial charge in [-0.25, -0.2) is 9.18 Å². The first-order valence-electron chi connectivity index (χ1n) is 15.9. The van der Waals surface area contributed by atoms with Gasteiger partial charge in [0.15, 0.2) is 34.9 Å². The zero-order valence-corrected chi connectivity index (χ0v) is 28.1. The van der Waals surface area contributed by atoms with Gasteiger partial charge in [0.2, 0.25) is 5.43 Å². The molecule has 2 aromatic carbocycles. The molecule has 0 radical (unpaired) electrons. The number of piperidine rings is 1. The number of ether oxygens (including phenoxy) is 2. The van der Waals surface area contributed by atoms with Crippen LogP contribution < -0.4 is 25.7 Å². The molecule has 0 bridgehead atoms. The van der Waals surface area contributed by atoms with E-state index >= 15 is 4.39 Å². The van der Waals surface area contributed by atoms with Gasteiger partial charge in [-0.2, -0.15) is 0 Å². The molecule has 0 spiro atoms. The summed E-state index contributed by atoms with van der Waals surface area (Å²) in [6.07, 6.45) is 7.04. The van der Waals surface area contributed by atoms with Gasteiger partial charge < -0.3 is 49.1 Å². The standard InChI is InChI=1S/C32H39FN4O9P2/c1-45-30-27-22(14-24(33)28(30)36-13-3-5-25-19(15-36)4-2-12-34-25)29(39)23(16-37(27)21-10-11-21)31(40)46-17-26(38)35-20-8-6-18(7-9-20)32(47(41)42)48(43)44/h6-9,14,16,19,21,25,32,34,41-44H,2-5,10-13,15,17H2,1H3,(H,35,38). The van der Waals surface area contributed by atoms with E-state index in [-0.39, 0.29) is 34.0 Å². The van der Waals surface area contributed by atoms with Crippen LogP contribution in [0.5, 0.6) is 5.75 Å². The smallest absolute Gasteiger partial charge is 0.344 e. The van der Waals surface area contributed by atoms with E-state index in [2.05, 4.69) is 10.6 Å². The monoisotopic (exact) mass is 704 g/mol. The van der Waals surface area contributed by atoms with Crippen molar-refractivity contribution in [2.75, 3.05) is 43.6 Å². The number of carbonyl (C=O) groups excluding carboxylic acids is 2. The van der Waals surface area contributed by atoms with Crippen molar-refractivity contribution in [3.8, 4) is 5.75 Å². The average Bonchev–Trinajstić information content (AvgIpc) is 3.91. The van der Waals surface area contributed by atoms with Crippen LogP contribution in [0.25, 0.3) is 10.9 Å². The fourth-order valence-corrected chi connectivity index (χ4v) is 8.49. The molecule has 6 rings (SSSR count). The van der Waals surface area contributed by atoms with Crippen molar-refractivity contribution in [1.82, 2.24) is 9.88 Å². The topological polar surface area (TPSA) is 183 Å². The van der Waals surface area contributed by atoms with E-state index in [1.165, 1.54) is 43.6 Å². The van der Waals surface area contributed by atoms with E-state index in [0.29, 0.717) is 36.3 Å². The third-order valence-corrected chi connectivity index (χ3v) is 12.0. The summed E-state index contributed by atoms with van der Waals surface area (Å²) in [7, 11) is -3.83. The van der Waals surface area contributed by atoms with Crippen LogP contribution in [0.3, 0.4) is 0 Å². The normalized spacial score (nSPS) is 19.8. The molecule has 2 aliphatic heterocycles. The van der Waals surface area contributed by atoms with Gasteiger partial charge in [-0.1, -0.05) is 12.1 Å². The molecule has 3 aromatic rings. The molecule has 1 aliphatic carbocycles. The molecule has 1 saturated carbocycles. The number of pyridine rings is 1. The number of anilines is 2. The summed E-state index contributed by atoms with van der Waals surface area (Å²) in [5.41, 5.74) is 0.229. The van der Waals surface area contributed by atoms with Crippen LogP contribution in [-0.4, -0.2) is 75.4 Å². The van der Waals surface area contributed by atoms with Crippen LogP contribution in [-0.2, 0) is 9.53 Å². The summed E-state index contributed by atoms with van der Waals surface area (Å²) < 4.78 is 28.9. The number of methoxy groups -OCH3 is 1. The lowest BCUT2D eigenvalue weighted by molar-refractivity contribution is -0.119. The number of nitrogens with one attached hydrogen (secondary N) is 2. The summed E-state index contributed by atoms with van der Waals surface area (Å²) in [6.45, 7) is 1.59. The van der Waals surface area contributed by atoms with Gasteiger partial charge in [-0.15, -0.1) is 0 Å². The van der Waals surface area contributed by atoms with Crippen molar-refractivity contribution in [2.24, 2.45) is 5.92 Å². The number of esters is 1. The number of aromatic nitrogens is 1. The van der Waals surface area contributed by atoms with Gasteiger partial charge in [-0.3, -0.25) is 9.59 Å². The van der Waals surface area contributed by atoms with Crippen LogP contribution >= 0.6 is 16.8 Å². The second-order valence-electron chi connectivity index (χ2n) is 12.5. The van der Waals surface area contributed by atoms with Crippen molar-refractivity contribution in [1.29, 1.82) is 0 Å². The van der Waals surface area contributed by atoms with E-state index in [1.54, 1.807) is 4.57 Å². The molecular formula is C32H39FN4O9P2. The summed E-state index contributed by atoms with van der Waals surface area (Å²) in [5.74, 6) is -1.71. The molecule has 13 nitrogen and oxygen atoms in total. The van der Waals surface area contributed by atoms with Crippen LogP contribution in [0.2, 0.25) is 0 Å². The third-order valence-electron chi connectivity index (χ3n) is 9.27. The summed E-state index contributed by atoms with van der Waals surface area (Å²) >= 11 is 0. The third kappa shape index (κ3) is 7.21. The maximum Gasteiger partial charge on any atom is 0.344 e. The van der Waals surface area contributed by atoms with E-state index in [0.717, 1.165) is 45.1 Å². The van der Waals surface area contributed by atoms with Gasteiger partial charge in [0.05, 0.1) is 18.0 Å². The molecule has 1 aromatic heterocycles. The lowest BCUT2D eigenvalue weighted by atomic mass is 9.89. The molecule has 3 fully saturated rings. The Balaban J connectivity index is 1.23. The highest BCUT2D eigenvalue weighted by molar-refractivity contribution is 7.63. The fourth-order valence-electron chi connectivity index (χ4n) is 6.88. The molecule has 2 atom stereocenters. The minimum Gasteiger partial charge on any atom is -0.492 e. The second kappa shape index (κ2) is 14.7. The molecule has 1 amide bonds. The Bertz CT molecular complexity index is 1730. The van der Waals surface area contributed by atoms with Gasteiger partial charge >= 0.3 is 5.97 Å². The molecule has 258 valence electrons. The van der Waals surface area contributed by atoms with E-state index < -0.39 is 51.9 Å². The quantitative estimate of drug-likeness (QED) is 0.133. The van der Waals surface area contributed by atoms with Crippen molar-refractivity contribution >= 4 is 50.9 Å². The summed E-state index contributed by atoms with van der Waals surface area (Å²) in [5, 5.41) is 4.88. The van der Waals surface area contributed by atoms with Crippen LogP contribution in [0.4, 0.5) is 15.8 Å². The molecule has 3 aliphatic rings. The van der Waals surface area contributed by atoms with Crippen LogP contribution in [0, 0.1) is 11.7 Å². The van der Waals surface area contributed by atoms with Gasteiger partial charge in [0.25, 0.3) is 5.91 Å². The molecule has 2 saturated heterocycles. The van der Waals surface area contributed by atoms with Gasteiger partial charge in [-0.05, 0) is 74.8 Å². The van der Waals surface area contributed by atoms with E-state index in [9.17, 15) is 34.0 Å². The largest absolute Gasteiger partial charge is 0.492 e. The van der Waals surface area contributed by atoms with E-state index in [1.807, 2.05) is 4.90 Å². The minimum absolute atomic E-state index is 0.00632. The molecule has 6 N–H and O–H groups in total. The predicted molar refractivity (Wildman–Crippen MR) is 180 cm³/mol. The van der Waals surface area contributed by atoms with Gasteiger partial charge in [0.1, 0.15) is 16.7 Å².